The van der Waals surface area contributed by atoms with E-state index in [1.807, 2.05) is 32.9 Å². The second-order valence-electron chi connectivity index (χ2n) is 9.15. The van der Waals surface area contributed by atoms with Crippen molar-refractivity contribution in [3.63, 3.8) is 0 Å². The topological polar surface area (TPSA) is 92.9 Å². The number of nitrogens with zero attached hydrogens (tertiary/aromatic N) is 2. The van der Waals surface area contributed by atoms with E-state index < -0.39 is 0 Å². The molecule has 2 fully saturated rings. The number of carbonyl (C=O) groups excluding carboxylic acids is 1. The largest absolute Gasteiger partial charge is 0.489 e. The molecule has 33 heavy (non-hydrogen) atoms. The van der Waals surface area contributed by atoms with Crippen molar-refractivity contribution in [2.24, 2.45) is 5.92 Å². The van der Waals surface area contributed by atoms with Gasteiger partial charge in [0.05, 0.1) is 42.2 Å². The van der Waals surface area contributed by atoms with Gasteiger partial charge in [0, 0.05) is 6.61 Å². The zero-order valence-corrected chi connectivity index (χ0v) is 19.7. The summed E-state index contributed by atoms with van der Waals surface area (Å²) < 4.78 is 28.7. The summed E-state index contributed by atoms with van der Waals surface area (Å²) in [7, 11) is 0. The molecule has 1 aliphatic heterocycles. The first-order valence-corrected chi connectivity index (χ1v) is 12.0. The number of carbonyl (C=O) groups is 1. The number of ether oxygens (including phenoxy) is 4. The molecule has 3 atom stereocenters. The molecule has 0 N–H and O–H groups in total. The summed E-state index contributed by atoms with van der Waals surface area (Å²) >= 11 is 0. The third-order valence-corrected chi connectivity index (χ3v) is 6.12. The van der Waals surface area contributed by atoms with Gasteiger partial charge < -0.3 is 23.5 Å². The molecule has 0 bridgehead atoms. The predicted molar refractivity (Wildman–Crippen MR) is 120 cm³/mol. The Labute approximate surface area is 194 Å². The molecule has 180 valence electrons. The van der Waals surface area contributed by atoms with Crippen LogP contribution in [0.3, 0.4) is 0 Å². The standard InChI is InChI=1S/C25H34N2O6/c1-16(2)31-25(28)18-7-6-8-19(13-18)32-20-10-11-22(26-14-20)24-21(17(3)27-33-24)15-30-23-9-4-5-12-29-23/h10-11,14,16,18-19,23H,4-9,12-13,15H2,1-3H3/t18-,19-,23?/m0/s1. The van der Waals surface area contributed by atoms with Crippen LogP contribution in [0.25, 0.3) is 11.5 Å². The van der Waals surface area contributed by atoms with E-state index >= 15 is 0 Å². The molecule has 3 heterocycles. The van der Waals surface area contributed by atoms with Crippen LogP contribution in [0.2, 0.25) is 0 Å². The van der Waals surface area contributed by atoms with E-state index in [0.29, 0.717) is 30.2 Å². The molecule has 0 amide bonds. The summed E-state index contributed by atoms with van der Waals surface area (Å²) in [6, 6.07) is 3.74. The summed E-state index contributed by atoms with van der Waals surface area (Å²) in [5, 5.41) is 4.11. The minimum absolute atomic E-state index is 0.0249. The molecule has 2 aromatic heterocycles. The van der Waals surface area contributed by atoms with Gasteiger partial charge >= 0.3 is 5.97 Å². The lowest BCUT2D eigenvalue weighted by Gasteiger charge is -2.28. The lowest BCUT2D eigenvalue weighted by Crippen LogP contribution is -2.31. The van der Waals surface area contributed by atoms with E-state index in [-0.39, 0.29) is 30.4 Å². The lowest BCUT2D eigenvalue weighted by atomic mass is 9.87. The molecule has 1 aliphatic carbocycles. The number of rotatable bonds is 8. The number of pyridine rings is 1. The van der Waals surface area contributed by atoms with Gasteiger partial charge in [0.25, 0.3) is 0 Å². The van der Waals surface area contributed by atoms with E-state index in [2.05, 4.69) is 10.1 Å². The Kier molecular flexibility index (Phi) is 7.98. The smallest absolute Gasteiger partial charge is 0.309 e. The fourth-order valence-electron chi connectivity index (χ4n) is 4.35. The van der Waals surface area contributed by atoms with Gasteiger partial charge in [-0.05, 0) is 77.8 Å². The molecule has 0 spiro atoms. The summed E-state index contributed by atoms with van der Waals surface area (Å²) in [6.07, 6.45) is 7.87. The highest BCUT2D eigenvalue weighted by Crippen LogP contribution is 2.31. The van der Waals surface area contributed by atoms with Gasteiger partial charge in [-0.25, -0.2) is 4.98 Å². The Morgan fingerprint density at radius 2 is 2.06 bits per heavy atom. The molecule has 0 aromatic carbocycles. The van der Waals surface area contributed by atoms with Crippen LogP contribution in [0.4, 0.5) is 0 Å². The van der Waals surface area contributed by atoms with E-state index in [0.717, 1.165) is 56.4 Å². The van der Waals surface area contributed by atoms with Gasteiger partial charge in [-0.3, -0.25) is 4.79 Å². The minimum atomic E-state index is -0.179. The maximum Gasteiger partial charge on any atom is 0.309 e. The van der Waals surface area contributed by atoms with Gasteiger partial charge in [-0.15, -0.1) is 0 Å². The third-order valence-electron chi connectivity index (χ3n) is 6.12. The number of aryl methyl sites for hydroxylation is 1. The lowest BCUT2D eigenvalue weighted by molar-refractivity contribution is -0.168. The normalized spacial score (nSPS) is 23.5. The zero-order valence-electron chi connectivity index (χ0n) is 19.7. The van der Waals surface area contributed by atoms with E-state index in [4.69, 9.17) is 23.5 Å². The third kappa shape index (κ3) is 6.32. The molecule has 1 saturated heterocycles. The maximum absolute atomic E-state index is 12.3. The van der Waals surface area contributed by atoms with Crippen molar-refractivity contribution in [3.05, 3.63) is 29.6 Å². The highest BCUT2D eigenvalue weighted by molar-refractivity contribution is 5.72. The molecular formula is C25H34N2O6. The van der Waals surface area contributed by atoms with Crippen LogP contribution in [0.5, 0.6) is 5.75 Å². The van der Waals surface area contributed by atoms with Crippen molar-refractivity contribution in [2.75, 3.05) is 6.61 Å². The fourth-order valence-corrected chi connectivity index (χ4v) is 4.35. The molecule has 8 nitrogen and oxygen atoms in total. The first kappa shape index (κ1) is 23.7. The highest BCUT2D eigenvalue weighted by Gasteiger charge is 2.30. The summed E-state index contributed by atoms with van der Waals surface area (Å²) in [5.74, 6) is 1.04. The molecule has 8 heteroatoms. The number of esters is 1. The summed E-state index contributed by atoms with van der Waals surface area (Å²) in [4.78, 5) is 16.8. The minimum Gasteiger partial charge on any atom is -0.489 e. The predicted octanol–water partition coefficient (Wildman–Crippen LogP) is 4.98. The quantitative estimate of drug-likeness (QED) is 0.512. The average Bonchev–Trinajstić information content (AvgIpc) is 3.19. The van der Waals surface area contributed by atoms with Crippen LogP contribution < -0.4 is 4.74 Å². The van der Waals surface area contributed by atoms with Crippen LogP contribution in [0, 0.1) is 12.8 Å². The van der Waals surface area contributed by atoms with Gasteiger partial charge in [-0.1, -0.05) is 5.16 Å². The summed E-state index contributed by atoms with van der Waals surface area (Å²) in [6.45, 7) is 6.75. The van der Waals surface area contributed by atoms with Crippen molar-refractivity contribution in [3.8, 4) is 17.2 Å². The van der Waals surface area contributed by atoms with Crippen LogP contribution >= 0.6 is 0 Å². The number of aromatic nitrogens is 2. The second kappa shape index (κ2) is 11.1. The number of hydrogen-bond acceptors (Lipinski definition) is 8. The first-order valence-electron chi connectivity index (χ1n) is 12.0. The van der Waals surface area contributed by atoms with Crippen LogP contribution in [0.15, 0.2) is 22.9 Å². The molecule has 4 rings (SSSR count). The van der Waals surface area contributed by atoms with E-state index in [1.54, 1.807) is 6.20 Å². The highest BCUT2D eigenvalue weighted by atomic mass is 16.7. The maximum atomic E-state index is 12.3. The Morgan fingerprint density at radius 1 is 1.18 bits per heavy atom. The van der Waals surface area contributed by atoms with Gasteiger partial charge in [-0.2, -0.15) is 0 Å². The first-order chi connectivity index (χ1) is 16.0. The molecule has 2 aromatic rings. The van der Waals surface area contributed by atoms with Crippen molar-refractivity contribution in [2.45, 2.75) is 90.8 Å². The average molecular weight is 459 g/mol. The molecular weight excluding hydrogens is 424 g/mol. The van der Waals surface area contributed by atoms with Gasteiger partial charge in [0.2, 0.25) is 0 Å². The molecule has 1 unspecified atom stereocenters. The van der Waals surface area contributed by atoms with Crippen molar-refractivity contribution < 1.29 is 28.3 Å². The van der Waals surface area contributed by atoms with Crippen molar-refractivity contribution in [1.82, 2.24) is 10.1 Å². The second-order valence-corrected chi connectivity index (χ2v) is 9.15. The Hall–Kier alpha value is -2.45. The fraction of sp³-hybridized carbons (Fsp3) is 0.640. The van der Waals surface area contributed by atoms with Crippen LogP contribution in [0.1, 0.15) is 70.1 Å². The molecule has 1 saturated carbocycles. The number of hydrogen-bond donors (Lipinski definition) is 0. The Bertz CT molecular complexity index is 904. The Balaban J connectivity index is 1.36. The van der Waals surface area contributed by atoms with Crippen molar-refractivity contribution >= 4 is 5.97 Å². The monoisotopic (exact) mass is 458 g/mol. The summed E-state index contributed by atoms with van der Waals surface area (Å²) in [5.41, 5.74) is 2.33. The van der Waals surface area contributed by atoms with Crippen LogP contribution in [-0.2, 0) is 25.6 Å². The van der Waals surface area contributed by atoms with Gasteiger partial charge in [0.1, 0.15) is 11.4 Å². The molecule has 0 radical (unpaired) electrons. The van der Waals surface area contributed by atoms with Crippen LogP contribution in [-0.4, -0.2) is 41.2 Å². The van der Waals surface area contributed by atoms with Crippen molar-refractivity contribution in [1.29, 1.82) is 0 Å². The molecule has 2 aliphatic rings. The van der Waals surface area contributed by atoms with E-state index in [1.165, 1.54) is 0 Å². The zero-order chi connectivity index (χ0) is 23.2. The SMILES string of the molecule is Cc1noc(-c2ccc(O[C@H]3CCC[C@H](C(=O)OC(C)C)C3)cn2)c1COC1CCCCO1. The Morgan fingerprint density at radius 3 is 2.79 bits per heavy atom. The van der Waals surface area contributed by atoms with Gasteiger partial charge in [0.15, 0.2) is 12.1 Å². The van der Waals surface area contributed by atoms with E-state index in [9.17, 15) is 4.79 Å².